The predicted molar refractivity (Wildman–Crippen MR) is 84.9 cm³/mol. The van der Waals surface area contributed by atoms with Gasteiger partial charge in [-0.1, -0.05) is 36.4 Å². The highest BCUT2D eigenvalue weighted by Gasteiger charge is 2.15. The molecule has 0 aromatic heterocycles. The first-order valence-electron chi connectivity index (χ1n) is 6.76. The van der Waals surface area contributed by atoms with Crippen LogP contribution in [0.25, 0.3) is 0 Å². The molecule has 0 aliphatic heterocycles. The third kappa shape index (κ3) is 4.49. The van der Waals surface area contributed by atoms with Gasteiger partial charge in [0.15, 0.2) is 0 Å². The molecule has 2 rings (SSSR count). The van der Waals surface area contributed by atoms with Crippen molar-refractivity contribution in [2.45, 2.75) is 25.7 Å². The minimum absolute atomic E-state index is 0.446. The molecule has 0 saturated carbocycles. The molecule has 0 aliphatic carbocycles. The second kappa shape index (κ2) is 6.63. The van der Waals surface area contributed by atoms with Gasteiger partial charge in [-0.3, -0.25) is 4.72 Å². The highest BCUT2D eigenvalue weighted by molar-refractivity contribution is 7.93. The molecular weight excluding hydrogens is 286 g/mol. The van der Waals surface area contributed by atoms with Crippen LogP contribution in [0.5, 0.6) is 5.75 Å². The Morgan fingerprint density at radius 1 is 1.05 bits per heavy atom. The number of benzene rings is 2. The molecule has 112 valence electrons. The van der Waals surface area contributed by atoms with Crippen molar-refractivity contribution in [1.29, 1.82) is 0 Å². The minimum Gasteiger partial charge on any atom is -0.489 e. The van der Waals surface area contributed by atoms with E-state index in [-0.39, 0.29) is 0 Å². The maximum atomic E-state index is 11.8. The Hall–Kier alpha value is -2.01. The van der Waals surface area contributed by atoms with E-state index in [0.29, 0.717) is 18.0 Å². The summed E-state index contributed by atoms with van der Waals surface area (Å²) in [5.74, 6) is 0.628. The molecule has 0 spiro atoms. The van der Waals surface area contributed by atoms with Crippen LogP contribution in [-0.4, -0.2) is 13.7 Å². The largest absolute Gasteiger partial charge is 0.489 e. The van der Waals surface area contributed by atoms with Crippen molar-refractivity contribution in [3.05, 3.63) is 60.2 Å². The first-order chi connectivity index (χ1) is 9.97. The molecule has 2 aromatic rings. The van der Waals surface area contributed by atoms with E-state index in [1.165, 1.54) is 0 Å². The number of hydrogen-bond acceptors (Lipinski definition) is 3. The SMILES string of the molecule is CC(C)S(=O)(=O)Nc1cccc(OCc2ccccc2)c1. The molecular formula is C16H19NO3S. The molecule has 0 bridgehead atoms. The molecule has 0 amide bonds. The summed E-state index contributed by atoms with van der Waals surface area (Å²) in [5, 5.41) is -0.480. The summed E-state index contributed by atoms with van der Waals surface area (Å²) in [6, 6.07) is 16.8. The molecule has 21 heavy (non-hydrogen) atoms. The van der Waals surface area contributed by atoms with E-state index in [0.717, 1.165) is 5.56 Å². The quantitative estimate of drug-likeness (QED) is 0.889. The number of ether oxygens (including phenoxy) is 1. The molecule has 2 aromatic carbocycles. The molecule has 0 fully saturated rings. The third-order valence-electron chi connectivity index (χ3n) is 2.96. The third-order valence-corrected chi connectivity index (χ3v) is 4.72. The van der Waals surface area contributed by atoms with E-state index in [2.05, 4.69) is 4.72 Å². The molecule has 5 heteroatoms. The van der Waals surface area contributed by atoms with Crippen molar-refractivity contribution in [3.63, 3.8) is 0 Å². The standard InChI is InChI=1S/C16H19NO3S/c1-13(2)21(18,19)17-15-9-6-10-16(11-15)20-12-14-7-4-3-5-8-14/h3-11,13,17H,12H2,1-2H3. The Labute approximate surface area is 125 Å². The van der Waals surface area contributed by atoms with Gasteiger partial charge in [0.05, 0.1) is 10.9 Å². The van der Waals surface area contributed by atoms with Gasteiger partial charge >= 0.3 is 0 Å². The van der Waals surface area contributed by atoms with Crippen molar-refractivity contribution in [3.8, 4) is 5.75 Å². The molecule has 1 N–H and O–H groups in total. The summed E-state index contributed by atoms with van der Waals surface area (Å²) >= 11 is 0. The lowest BCUT2D eigenvalue weighted by Crippen LogP contribution is -2.22. The number of hydrogen-bond donors (Lipinski definition) is 1. The zero-order valence-corrected chi connectivity index (χ0v) is 12.9. The first-order valence-corrected chi connectivity index (χ1v) is 8.30. The maximum Gasteiger partial charge on any atom is 0.235 e. The lowest BCUT2D eigenvalue weighted by Gasteiger charge is -2.12. The van der Waals surface area contributed by atoms with Crippen LogP contribution in [0.3, 0.4) is 0 Å². The smallest absolute Gasteiger partial charge is 0.235 e. The van der Waals surface area contributed by atoms with Gasteiger partial charge in [0.2, 0.25) is 10.0 Å². The van der Waals surface area contributed by atoms with E-state index in [4.69, 9.17) is 4.74 Å². The summed E-state index contributed by atoms with van der Waals surface area (Å²) in [4.78, 5) is 0. The van der Waals surface area contributed by atoms with Crippen LogP contribution in [0.15, 0.2) is 54.6 Å². The summed E-state index contributed by atoms with van der Waals surface area (Å²) in [6.07, 6.45) is 0. The second-order valence-corrected chi connectivity index (χ2v) is 7.23. The summed E-state index contributed by atoms with van der Waals surface area (Å²) in [6.45, 7) is 3.72. The van der Waals surface area contributed by atoms with E-state index < -0.39 is 15.3 Å². The number of rotatable bonds is 6. The first kappa shape index (κ1) is 15.4. The average Bonchev–Trinajstić information content (AvgIpc) is 2.46. The Morgan fingerprint density at radius 3 is 2.43 bits per heavy atom. The lowest BCUT2D eigenvalue weighted by molar-refractivity contribution is 0.306. The molecule has 0 saturated heterocycles. The van der Waals surface area contributed by atoms with Gasteiger partial charge in [-0.2, -0.15) is 0 Å². The molecule has 0 heterocycles. The summed E-state index contributed by atoms with van der Waals surface area (Å²) in [5.41, 5.74) is 1.57. The normalized spacial score (nSPS) is 11.4. The van der Waals surface area contributed by atoms with Crippen LogP contribution < -0.4 is 9.46 Å². The fourth-order valence-electron chi connectivity index (χ4n) is 1.67. The minimum atomic E-state index is -3.34. The molecule has 0 radical (unpaired) electrons. The highest BCUT2D eigenvalue weighted by atomic mass is 32.2. The van der Waals surface area contributed by atoms with Crippen molar-refractivity contribution >= 4 is 15.7 Å². The van der Waals surface area contributed by atoms with Crippen LogP contribution in [0, 0.1) is 0 Å². The second-order valence-electron chi connectivity index (χ2n) is 5.00. The van der Waals surface area contributed by atoms with Gasteiger partial charge < -0.3 is 4.74 Å². The predicted octanol–water partition coefficient (Wildman–Crippen LogP) is 3.42. The fourth-order valence-corrected chi connectivity index (χ4v) is 2.36. The zero-order chi connectivity index (χ0) is 15.3. The highest BCUT2D eigenvalue weighted by Crippen LogP contribution is 2.20. The van der Waals surface area contributed by atoms with Gasteiger partial charge in [0.25, 0.3) is 0 Å². The van der Waals surface area contributed by atoms with Crippen LogP contribution in [0.2, 0.25) is 0 Å². The number of nitrogens with one attached hydrogen (secondary N) is 1. The Kier molecular flexibility index (Phi) is 4.85. The van der Waals surface area contributed by atoms with Crippen LogP contribution in [0.4, 0.5) is 5.69 Å². The van der Waals surface area contributed by atoms with Crippen LogP contribution >= 0.6 is 0 Å². The lowest BCUT2D eigenvalue weighted by atomic mass is 10.2. The number of sulfonamides is 1. The van der Waals surface area contributed by atoms with Crippen LogP contribution in [-0.2, 0) is 16.6 Å². The van der Waals surface area contributed by atoms with Crippen LogP contribution in [0.1, 0.15) is 19.4 Å². The Balaban J connectivity index is 2.04. The average molecular weight is 305 g/mol. The molecule has 0 unspecified atom stereocenters. The van der Waals surface area contributed by atoms with E-state index in [1.807, 2.05) is 30.3 Å². The van der Waals surface area contributed by atoms with Gasteiger partial charge in [-0.25, -0.2) is 8.42 Å². The van der Waals surface area contributed by atoms with E-state index in [9.17, 15) is 8.42 Å². The molecule has 4 nitrogen and oxygen atoms in total. The van der Waals surface area contributed by atoms with Crippen molar-refractivity contribution in [1.82, 2.24) is 0 Å². The fraction of sp³-hybridized carbons (Fsp3) is 0.250. The van der Waals surface area contributed by atoms with Gasteiger partial charge in [-0.15, -0.1) is 0 Å². The van der Waals surface area contributed by atoms with Gasteiger partial charge in [-0.05, 0) is 31.5 Å². The van der Waals surface area contributed by atoms with Crippen molar-refractivity contribution < 1.29 is 13.2 Å². The molecule has 0 atom stereocenters. The monoisotopic (exact) mass is 305 g/mol. The van der Waals surface area contributed by atoms with Gasteiger partial charge in [0, 0.05) is 6.07 Å². The number of anilines is 1. The van der Waals surface area contributed by atoms with E-state index >= 15 is 0 Å². The maximum absolute atomic E-state index is 11.8. The zero-order valence-electron chi connectivity index (χ0n) is 12.1. The Bertz CT molecular complexity index is 682. The van der Waals surface area contributed by atoms with Gasteiger partial charge in [0.1, 0.15) is 12.4 Å². The summed E-state index contributed by atoms with van der Waals surface area (Å²) < 4.78 is 31.9. The van der Waals surface area contributed by atoms with E-state index in [1.54, 1.807) is 38.1 Å². The topological polar surface area (TPSA) is 55.4 Å². The summed E-state index contributed by atoms with van der Waals surface area (Å²) in [7, 11) is -3.34. The Morgan fingerprint density at radius 2 is 1.76 bits per heavy atom. The van der Waals surface area contributed by atoms with Crippen molar-refractivity contribution in [2.75, 3.05) is 4.72 Å². The van der Waals surface area contributed by atoms with Crippen molar-refractivity contribution in [2.24, 2.45) is 0 Å². The molecule has 0 aliphatic rings.